The number of unbranched alkanes of at least 4 members (excludes halogenated alkanes) is 1. The van der Waals surface area contributed by atoms with Gasteiger partial charge in [-0.25, -0.2) is 0 Å². The van der Waals surface area contributed by atoms with Crippen LogP contribution in [0, 0.1) is 0 Å². The number of nitrogen functional groups attached to an aromatic ring is 1. The van der Waals surface area contributed by atoms with Crippen molar-refractivity contribution in [2.24, 2.45) is 0 Å². The van der Waals surface area contributed by atoms with E-state index in [-0.39, 0.29) is 11.9 Å². The van der Waals surface area contributed by atoms with Gasteiger partial charge in [0.25, 0.3) is 5.91 Å². The van der Waals surface area contributed by atoms with Gasteiger partial charge in [-0.1, -0.05) is 25.8 Å². The van der Waals surface area contributed by atoms with E-state index >= 15 is 0 Å². The molecule has 0 aliphatic carbocycles. The molecule has 0 bridgehead atoms. The Morgan fingerprint density at radius 3 is 2.88 bits per heavy atom. The van der Waals surface area contributed by atoms with Crippen molar-refractivity contribution < 1.29 is 4.79 Å². The van der Waals surface area contributed by atoms with Crippen LogP contribution in [0.2, 0.25) is 0 Å². The van der Waals surface area contributed by atoms with Gasteiger partial charge in [-0.3, -0.25) is 4.79 Å². The van der Waals surface area contributed by atoms with E-state index in [0.717, 1.165) is 19.3 Å². The number of hydrogen-bond acceptors (Lipinski definition) is 2. The number of rotatable bonds is 5. The summed E-state index contributed by atoms with van der Waals surface area (Å²) in [5.41, 5.74) is 6.92. The Balaban J connectivity index is 2.67. The average Bonchev–Trinajstić information content (AvgIpc) is 2.29. The minimum Gasteiger partial charge on any atom is -0.398 e. The van der Waals surface area contributed by atoms with Crippen molar-refractivity contribution in [2.75, 3.05) is 5.73 Å². The van der Waals surface area contributed by atoms with Gasteiger partial charge in [-0.05, 0) is 41.4 Å². The Kier molecular flexibility index (Phi) is 5.48. The lowest BCUT2D eigenvalue weighted by molar-refractivity contribution is 0.0937. The molecule has 1 rings (SSSR count). The molecule has 0 aliphatic heterocycles. The van der Waals surface area contributed by atoms with E-state index < -0.39 is 0 Å². The zero-order valence-electron chi connectivity index (χ0n) is 10.3. The molecule has 94 valence electrons. The molecule has 1 amide bonds. The second-order valence-electron chi connectivity index (χ2n) is 4.23. The first-order valence-corrected chi connectivity index (χ1v) is 6.70. The van der Waals surface area contributed by atoms with E-state index in [1.807, 2.05) is 6.92 Å². The van der Waals surface area contributed by atoms with Crippen LogP contribution in [0.25, 0.3) is 0 Å². The topological polar surface area (TPSA) is 55.1 Å². The number of nitrogens with one attached hydrogen (secondary N) is 1. The van der Waals surface area contributed by atoms with Gasteiger partial charge in [-0.2, -0.15) is 0 Å². The van der Waals surface area contributed by atoms with Crippen LogP contribution in [0.4, 0.5) is 5.69 Å². The van der Waals surface area contributed by atoms with E-state index in [9.17, 15) is 4.79 Å². The molecular weight excluding hydrogens is 280 g/mol. The fraction of sp³-hybridized carbons (Fsp3) is 0.462. The molecule has 3 N–H and O–H groups in total. The van der Waals surface area contributed by atoms with Gasteiger partial charge in [0.05, 0.1) is 10.0 Å². The summed E-state index contributed by atoms with van der Waals surface area (Å²) in [6.45, 7) is 4.16. The van der Waals surface area contributed by atoms with Crippen LogP contribution < -0.4 is 11.1 Å². The van der Waals surface area contributed by atoms with Crippen LogP contribution in [0.3, 0.4) is 0 Å². The predicted octanol–water partition coefficient (Wildman–Crippen LogP) is 3.34. The van der Waals surface area contributed by atoms with Gasteiger partial charge in [-0.15, -0.1) is 0 Å². The summed E-state index contributed by atoms with van der Waals surface area (Å²) < 4.78 is 0.667. The fourth-order valence-electron chi connectivity index (χ4n) is 1.61. The molecule has 1 aromatic rings. The molecular formula is C13H19BrN2O. The average molecular weight is 299 g/mol. The third-order valence-corrected chi connectivity index (χ3v) is 3.53. The van der Waals surface area contributed by atoms with Crippen LogP contribution in [-0.4, -0.2) is 11.9 Å². The van der Waals surface area contributed by atoms with Gasteiger partial charge < -0.3 is 11.1 Å². The quantitative estimate of drug-likeness (QED) is 0.819. The maximum atomic E-state index is 12.0. The summed E-state index contributed by atoms with van der Waals surface area (Å²) >= 11 is 3.34. The fourth-order valence-corrected chi connectivity index (χ4v) is 2.05. The van der Waals surface area contributed by atoms with Crippen molar-refractivity contribution in [3.63, 3.8) is 0 Å². The van der Waals surface area contributed by atoms with Crippen LogP contribution in [0.1, 0.15) is 43.5 Å². The molecule has 0 heterocycles. The molecule has 3 nitrogen and oxygen atoms in total. The Hall–Kier alpha value is -1.03. The zero-order valence-corrected chi connectivity index (χ0v) is 11.9. The molecule has 0 saturated carbocycles. The Bertz CT molecular complexity index is 393. The highest BCUT2D eigenvalue weighted by Gasteiger charge is 2.13. The van der Waals surface area contributed by atoms with Crippen molar-refractivity contribution >= 4 is 27.5 Å². The number of amides is 1. The number of carbonyl (C=O) groups is 1. The third-order valence-electron chi connectivity index (χ3n) is 2.64. The molecule has 0 fully saturated rings. The Morgan fingerprint density at radius 1 is 1.53 bits per heavy atom. The SMILES string of the molecule is CCCCC(C)NC(=O)c1cccc(N)c1Br. The maximum Gasteiger partial charge on any atom is 0.252 e. The maximum absolute atomic E-state index is 12.0. The number of hydrogen-bond donors (Lipinski definition) is 2. The third kappa shape index (κ3) is 4.04. The van der Waals surface area contributed by atoms with Gasteiger partial charge in [0.1, 0.15) is 0 Å². The van der Waals surface area contributed by atoms with Gasteiger partial charge in [0, 0.05) is 11.7 Å². The van der Waals surface area contributed by atoms with E-state index in [1.54, 1.807) is 18.2 Å². The van der Waals surface area contributed by atoms with Crippen LogP contribution in [0.5, 0.6) is 0 Å². The largest absolute Gasteiger partial charge is 0.398 e. The number of anilines is 1. The summed E-state index contributed by atoms with van der Waals surface area (Å²) in [6.07, 6.45) is 3.27. The molecule has 4 heteroatoms. The lowest BCUT2D eigenvalue weighted by Crippen LogP contribution is -2.32. The van der Waals surface area contributed by atoms with E-state index in [0.29, 0.717) is 15.7 Å². The zero-order chi connectivity index (χ0) is 12.8. The first-order valence-electron chi connectivity index (χ1n) is 5.91. The molecule has 1 unspecified atom stereocenters. The molecule has 0 spiro atoms. The standard InChI is InChI=1S/C13H19BrN2O/c1-3-4-6-9(2)16-13(17)10-7-5-8-11(15)12(10)14/h5,7-9H,3-4,6,15H2,1-2H3,(H,16,17). The normalized spacial score (nSPS) is 12.2. The number of carbonyl (C=O) groups excluding carboxylic acids is 1. The van der Waals surface area contributed by atoms with Gasteiger partial charge in [0.2, 0.25) is 0 Å². The van der Waals surface area contributed by atoms with Crippen LogP contribution in [-0.2, 0) is 0 Å². The highest BCUT2D eigenvalue weighted by molar-refractivity contribution is 9.10. The van der Waals surface area contributed by atoms with Crippen molar-refractivity contribution in [1.82, 2.24) is 5.32 Å². The van der Waals surface area contributed by atoms with Crippen molar-refractivity contribution in [1.29, 1.82) is 0 Å². The highest BCUT2D eigenvalue weighted by Crippen LogP contribution is 2.23. The smallest absolute Gasteiger partial charge is 0.252 e. The first kappa shape index (κ1) is 14.0. The van der Waals surface area contributed by atoms with E-state index in [1.165, 1.54) is 0 Å². The van der Waals surface area contributed by atoms with Crippen molar-refractivity contribution in [3.8, 4) is 0 Å². The summed E-state index contributed by atoms with van der Waals surface area (Å²) in [5, 5.41) is 2.97. The minimum absolute atomic E-state index is 0.0761. The van der Waals surface area contributed by atoms with Gasteiger partial charge in [0.15, 0.2) is 0 Å². The molecule has 0 radical (unpaired) electrons. The second-order valence-corrected chi connectivity index (χ2v) is 5.02. The number of benzene rings is 1. The van der Waals surface area contributed by atoms with Crippen LogP contribution >= 0.6 is 15.9 Å². The second kappa shape index (κ2) is 6.64. The van der Waals surface area contributed by atoms with Gasteiger partial charge >= 0.3 is 0 Å². The highest BCUT2D eigenvalue weighted by atomic mass is 79.9. The number of nitrogens with two attached hydrogens (primary N) is 1. The summed E-state index contributed by atoms with van der Waals surface area (Å²) in [7, 11) is 0. The summed E-state index contributed by atoms with van der Waals surface area (Å²) in [4.78, 5) is 12.0. The molecule has 1 aromatic carbocycles. The Labute approximate surface area is 111 Å². The minimum atomic E-state index is -0.0761. The lowest BCUT2D eigenvalue weighted by atomic mass is 10.1. The Morgan fingerprint density at radius 2 is 2.24 bits per heavy atom. The van der Waals surface area contributed by atoms with Crippen molar-refractivity contribution in [2.45, 2.75) is 39.2 Å². The van der Waals surface area contributed by atoms with Crippen LogP contribution in [0.15, 0.2) is 22.7 Å². The lowest BCUT2D eigenvalue weighted by Gasteiger charge is -2.14. The number of halogens is 1. The summed E-state index contributed by atoms with van der Waals surface area (Å²) in [6, 6.07) is 5.51. The molecule has 0 saturated heterocycles. The molecule has 0 aromatic heterocycles. The molecule has 0 aliphatic rings. The predicted molar refractivity (Wildman–Crippen MR) is 75.0 cm³/mol. The monoisotopic (exact) mass is 298 g/mol. The van der Waals surface area contributed by atoms with E-state index in [2.05, 4.69) is 28.2 Å². The molecule has 17 heavy (non-hydrogen) atoms. The summed E-state index contributed by atoms with van der Waals surface area (Å²) in [5.74, 6) is -0.0761. The first-order chi connectivity index (χ1) is 8.06. The molecule has 1 atom stereocenters. The van der Waals surface area contributed by atoms with Crippen molar-refractivity contribution in [3.05, 3.63) is 28.2 Å². The van der Waals surface area contributed by atoms with E-state index in [4.69, 9.17) is 5.73 Å².